The van der Waals surface area contributed by atoms with Gasteiger partial charge < -0.3 is 15.6 Å². The van der Waals surface area contributed by atoms with Gasteiger partial charge in [0, 0.05) is 11.5 Å². The number of halogens is 3. The number of benzene rings is 2. The number of ether oxygens (including phenoxy) is 1. The summed E-state index contributed by atoms with van der Waals surface area (Å²) < 4.78 is 19.3. The van der Waals surface area contributed by atoms with Gasteiger partial charge in [0.05, 0.1) is 24.1 Å². The van der Waals surface area contributed by atoms with Crippen LogP contribution in [0.3, 0.4) is 0 Å². The SMILES string of the molecule is CCOc1cccc([C@H]2C3=CC[C@@H]4C(=O)N(C(N)=O)C(=O)[C@@H]4[C@@H]3C[C@@]3(Cl)C(=O)N(c4ccc(F)cc4)C(=O)[C@@]23Cl)c1O. The summed E-state index contributed by atoms with van der Waals surface area (Å²) in [5, 5.41) is 11.3. The first-order valence-corrected chi connectivity index (χ1v) is 14.0. The fourth-order valence-electron chi connectivity index (χ4n) is 7.01. The number of allylic oxidation sites excluding steroid dienone is 2. The molecule has 42 heavy (non-hydrogen) atoms. The molecular formula is C29H24Cl2FN3O7. The van der Waals surface area contributed by atoms with Gasteiger partial charge in [0.25, 0.3) is 11.8 Å². The summed E-state index contributed by atoms with van der Waals surface area (Å²) in [4.78, 5) is 63.7. The van der Waals surface area contributed by atoms with E-state index in [0.29, 0.717) is 10.5 Å². The largest absolute Gasteiger partial charge is 0.504 e. The molecule has 2 aliphatic carbocycles. The minimum Gasteiger partial charge on any atom is -0.504 e. The zero-order chi connectivity index (χ0) is 30.3. The highest BCUT2D eigenvalue weighted by Crippen LogP contribution is 2.66. The van der Waals surface area contributed by atoms with Crippen LogP contribution in [0.5, 0.6) is 11.5 Å². The Bertz CT molecular complexity index is 1610. The molecule has 2 aromatic rings. The molecule has 10 nitrogen and oxygen atoms in total. The van der Waals surface area contributed by atoms with Crippen molar-refractivity contribution < 1.29 is 38.2 Å². The molecular weight excluding hydrogens is 592 g/mol. The fraction of sp³-hybridized carbons (Fsp3) is 0.345. The lowest BCUT2D eigenvalue weighted by Crippen LogP contribution is -2.60. The Morgan fingerprint density at radius 1 is 1.07 bits per heavy atom. The first kappa shape index (κ1) is 28.2. The molecule has 0 radical (unpaired) electrons. The lowest BCUT2D eigenvalue weighted by molar-refractivity contribution is -0.136. The van der Waals surface area contributed by atoms with Gasteiger partial charge in [-0.3, -0.25) is 19.2 Å². The van der Waals surface area contributed by atoms with E-state index in [1.807, 2.05) is 0 Å². The zero-order valence-electron chi connectivity index (χ0n) is 22.1. The van der Waals surface area contributed by atoms with Gasteiger partial charge in [-0.25, -0.2) is 14.1 Å². The monoisotopic (exact) mass is 615 g/mol. The Kier molecular flexibility index (Phi) is 6.39. The third-order valence-electron chi connectivity index (χ3n) is 8.76. The summed E-state index contributed by atoms with van der Waals surface area (Å²) >= 11 is 14.5. The average Bonchev–Trinajstić information content (AvgIpc) is 3.29. The minimum atomic E-state index is -2.23. The number of alkyl halides is 2. The highest BCUT2D eigenvalue weighted by molar-refractivity contribution is 6.58. The number of nitrogens with two attached hydrogens (primary N) is 1. The van der Waals surface area contributed by atoms with Crippen molar-refractivity contribution in [2.75, 3.05) is 11.5 Å². The summed E-state index contributed by atoms with van der Waals surface area (Å²) in [6.45, 7) is 1.92. The Hall–Kier alpha value is -3.96. The molecule has 1 saturated carbocycles. The number of primary amides is 1. The summed E-state index contributed by atoms with van der Waals surface area (Å²) in [5.74, 6) is -8.56. The Morgan fingerprint density at radius 2 is 1.76 bits per heavy atom. The van der Waals surface area contributed by atoms with E-state index in [1.165, 1.54) is 24.3 Å². The number of likely N-dealkylation sites (tertiary alicyclic amines) is 1. The normalized spacial score (nSPS) is 32.0. The number of hydrogen-bond acceptors (Lipinski definition) is 7. The van der Waals surface area contributed by atoms with Gasteiger partial charge in [0.15, 0.2) is 21.2 Å². The molecule has 2 aliphatic heterocycles. The Morgan fingerprint density at radius 3 is 2.40 bits per heavy atom. The van der Waals surface area contributed by atoms with Gasteiger partial charge >= 0.3 is 6.03 Å². The number of anilines is 1. The summed E-state index contributed by atoms with van der Waals surface area (Å²) in [5.41, 5.74) is 5.89. The van der Waals surface area contributed by atoms with Gasteiger partial charge in [0.2, 0.25) is 11.8 Å². The molecule has 218 valence electrons. The van der Waals surface area contributed by atoms with E-state index in [9.17, 15) is 33.5 Å². The van der Waals surface area contributed by atoms with E-state index in [2.05, 4.69) is 0 Å². The molecule has 0 unspecified atom stereocenters. The number of para-hydroxylation sites is 1. The molecule has 13 heteroatoms. The first-order chi connectivity index (χ1) is 19.9. The number of carbonyl (C=O) groups excluding carboxylic acids is 5. The van der Waals surface area contributed by atoms with Crippen molar-refractivity contribution in [3.63, 3.8) is 0 Å². The molecule has 3 fully saturated rings. The van der Waals surface area contributed by atoms with Crippen molar-refractivity contribution in [2.24, 2.45) is 23.5 Å². The van der Waals surface area contributed by atoms with Crippen molar-refractivity contribution in [3.05, 3.63) is 65.5 Å². The molecule has 6 rings (SSSR count). The Balaban J connectivity index is 1.58. The van der Waals surface area contributed by atoms with Crippen molar-refractivity contribution in [1.29, 1.82) is 0 Å². The summed E-state index contributed by atoms with van der Waals surface area (Å²) in [6.07, 6.45) is 1.32. The lowest BCUT2D eigenvalue weighted by atomic mass is 9.56. The maximum Gasteiger partial charge on any atom is 0.328 e. The number of amides is 6. The van der Waals surface area contributed by atoms with Gasteiger partial charge in [-0.05, 0) is 56.0 Å². The topological polar surface area (TPSA) is 147 Å². The van der Waals surface area contributed by atoms with Crippen molar-refractivity contribution in [2.45, 2.75) is 35.4 Å². The molecule has 6 atom stereocenters. The standard InChI is InChI=1S/C29H24Cl2FN3O7/c1-2-42-19-5-3-4-17(22(19)36)21-15-10-11-16-20(24(38)35(23(16)37)27(33)41)18(15)12-28(30)25(39)34(26(40)29(21,28)31)14-8-6-13(32)7-9-14/h3-10,16,18,20-21,36H,2,11-12H2,1H3,(H2,33,41)/t16-,18+,20-,21+,28+,29-/m0/s1. The van der Waals surface area contributed by atoms with Crippen LogP contribution < -0.4 is 15.4 Å². The first-order valence-electron chi connectivity index (χ1n) is 13.2. The van der Waals surface area contributed by atoms with Crippen LogP contribution in [0, 0.1) is 23.6 Å². The second-order valence-electron chi connectivity index (χ2n) is 10.7. The molecule has 2 saturated heterocycles. The number of hydrogen-bond donors (Lipinski definition) is 2. The fourth-order valence-corrected chi connectivity index (χ4v) is 7.93. The van der Waals surface area contributed by atoms with Crippen LogP contribution in [0.15, 0.2) is 54.1 Å². The number of nitrogens with zero attached hydrogens (tertiary/aromatic N) is 2. The second kappa shape index (κ2) is 9.53. The van der Waals surface area contributed by atoms with E-state index in [4.69, 9.17) is 33.7 Å². The number of phenols is 1. The van der Waals surface area contributed by atoms with E-state index in [-0.39, 0.29) is 42.2 Å². The number of imide groups is 4. The molecule has 0 spiro atoms. The van der Waals surface area contributed by atoms with Gasteiger partial charge in [-0.1, -0.05) is 23.8 Å². The zero-order valence-corrected chi connectivity index (χ0v) is 23.6. The van der Waals surface area contributed by atoms with Crippen LogP contribution in [-0.4, -0.2) is 56.0 Å². The van der Waals surface area contributed by atoms with Crippen LogP contribution in [0.1, 0.15) is 31.2 Å². The molecule has 2 aromatic carbocycles. The second-order valence-corrected chi connectivity index (χ2v) is 12.0. The van der Waals surface area contributed by atoms with Crippen molar-refractivity contribution in [3.8, 4) is 11.5 Å². The minimum absolute atomic E-state index is 0.0132. The third kappa shape index (κ3) is 3.53. The number of phenolic OH excluding ortho intramolecular Hbond substituents is 1. The van der Waals surface area contributed by atoms with Crippen LogP contribution in [0.2, 0.25) is 0 Å². The average molecular weight is 616 g/mol. The lowest BCUT2D eigenvalue weighted by Gasteiger charge is -2.50. The number of aromatic hydroxyl groups is 1. The van der Waals surface area contributed by atoms with Crippen LogP contribution in [0.4, 0.5) is 14.9 Å². The summed E-state index contributed by atoms with van der Waals surface area (Å²) in [6, 6.07) is 7.98. The summed E-state index contributed by atoms with van der Waals surface area (Å²) in [7, 11) is 0. The highest BCUT2D eigenvalue weighted by Gasteiger charge is 2.77. The van der Waals surface area contributed by atoms with Gasteiger partial charge in [-0.2, -0.15) is 4.90 Å². The van der Waals surface area contributed by atoms with E-state index in [1.54, 1.807) is 19.1 Å². The molecule has 3 N–H and O–H groups in total. The molecule has 6 amide bonds. The molecule has 2 heterocycles. The molecule has 0 aromatic heterocycles. The van der Waals surface area contributed by atoms with E-state index < -0.39 is 68.9 Å². The highest BCUT2D eigenvalue weighted by atomic mass is 35.5. The third-order valence-corrected chi connectivity index (χ3v) is 10.2. The number of fused-ring (bicyclic) bond motifs is 4. The molecule has 4 aliphatic rings. The van der Waals surface area contributed by atoms with Gasteiger partial charge in [-0.15, -0.1) is 23.2 Å². The van der Waals surface area contributed by atoms with Gasteiger partial charge in [0.1, 0.15) is 5.82 Å². The Labute approximate surface area is 248 Å². The van der Waals surface area contributed by atoms with Crippen molar-refractivity contribution in [1.82, 2.24) is 4.90 Å². The number of urea groups is 1. The van der Waals surface area contributed by atoms with E-state index >= 15 is 0 Å². The quantitative estimate of drug-likeness (QED) is 0.303. The predicted octanol–water partition coefficient (Wildman–Crippen LogP) is 3.57. The van der Waals surface area contributed by atoms with Crippen molar-refractivity contribution >= 4 is 58.5 Å². The van der Waals surface area contributed by atoms with Crippen LogP contribution >= 0.6 is 23.2 Å². The van der Waals surface area contributed by atoms with Crippen LogP contribution in [0.25, 0.3) is 0 Å². The number of carbonyl (C=O) groups is 5. The van der Waals surface area contributed by atoms with Crippen LogP contribution in [-0.2, 0) is 19.2 Å². The maximum atomic E-state index is 14.3. The molecule has 0 bridgehead atoms. The maximum absolute atomic E-state index is 14.3. The van der Waals surface area contributed by atoms with E-state index in [0.717, 1.165) is 17.0 Å². The smallest absolute Gasteiger partial charge is 0.328 e. The number of rotatable bonds is 4. The predicted molar refractivity (Wildman–Crippen MR) is 147 cm³/mol.